The molecule has 1 aromatic heterocycles. The molecule has 0 bridgehead atoms. The van der Waals surface area contributed by atoms with Gasteiger partial charge in [-0.15, -0.1) is 0 Å². The van der Waals surface area contributed by atoms with Crippen LogP contribution in [0, 0.1) is 13.8 Å². The Morgan fingerprint density at radius 2 is 1.30 bits per heavy atom. The molecule has 136 valence electrons. The van der Waals surface area contributed by atoms with Gasteiger partial charge in [0.05, 0.1) is 6.04 Å². The number of aromatic nitrogens is 2. The quantitative estimate of drug-likeness (QED) is 0.707. The Balaban J connectivity index is 1.85. The summed E-state index contributed by atoms with van der Waals surface area (Å²) in [5.74, 6) is 0. The molecule has 1 aliphatic rings. The number of nitrogens with one attached hydrogen (secondary N) is 1. The highest BCUT2D eigenvalue weighted by atomic mass is 32.2. The largest absolute Gasteiger partial charge is 0.277 e. The molecule has 0 fully saturated rings. The third-order valence-corrected chi connectivity index (χ3v) is 5.74. The van der Waals surface area contributed by atoms with Crippen molar-refractivity contribution >= 4 is 22.2 Å². The Morgan fingerprint density at radius 3 is 1.81 bits per heavy atom. The van der Waals surface area contributed by atoms with Crippen LogP contribution in [0.15, 0.2) is 59.8 Å². The minimum Gasteiger partial charge on any atom is -0.222 e. The van der Waals surface area contributed by atoms with E-state index in [-0.39, 0.29) is 5.16 Å². The maximum absolute atomic E-state index is 13.1. The molecule has 5 nitrogen and oxygen atoms in total. The molecule has 3 aromatic rings. The molecule has 0 radical (unpaired) electrons. The summed E-state index contributed by atoms with van der Waals surface area (Å²) >= 11 is 0. The van der Waals surface area contributed by atoms with Gasteiger partial charge in [0.1, 0.15) is 0 Å². The maximum Gasteiger partial charge on any atom is 0.277 e. The van der Waals surface area contributed by atoms with E-state index in [0.29, 0.717) is 11.4 Å². The molecular weight excluding hydrogens is 358 g/mol. The van der Waals surface area contributed by atoms with Crippen molar-refractivity contribution in [1.82, 2.24) is 14.7 Å². The van der Waals surface area contributed by atoms with Crippen LogP contribution in [0.25, 0.3) is 12.2 Å². The fourth-order valence-electron chi connectivity index (χ4n) is 3.35. The normalized spacial score (nSPS) is 13.7. The average molecular weight is 377 g/mol. The molecule has 0 saturated carbocycles. The molecule has 4 rings (SSSR count). The monoisotopic (exact) mass is 377 g/mol. The average Bonchev–Trinajstić information content (AvgIpc) is 2.79. The van der Waals surface area contributed by atoms with E-state index in [1.807, 2.05) is 60.7 Å². The van der Waals surface area contributed by atoms with E-state index in [9.17, 15) is 8.42 Å². The number of sulfonamides is 1. The standard InChI is InChI=1S/C21H19N3O2S/c1-14-13-15(2)23-21(22-14)27(25,26)24-20-18-9-5-3-7-16(18)11-12-17-8-4-6-10-19(17)20/h3-13,20,24H,1-2H3. The minimum absolute atomic E-state index is 0.202. The Bertz CT molecular complexity index is 1080. The van der Waals surface area contributed by atoms with Crippen LogP contribution in [0.1, 0.15) is 39.7 Å². The van der Waals surface area contributed by atoms with E-state index < -0.39 is 16.1 Å². The van der Waals surface area contributed by atoms with E-state index in [0.717, 1.165) is 22.3 Å². The minimum atomic E-state index is -3.91. The Hall–Kier alpha value is -2.83. The molecular formula is C21H19N3O2S. The summed E-state index contributed by atoms with van der Waals surface area (Å²) in [5, 5.41) is -0.202. The van der Waals surface area contributed by atoms with Crippen LogP contribution in [0.2, 0.25) is 0 Å². The van der Waals surface area contributed by atoms with E-state index >= 15 is 0 Å². The van der Waals surface area contributed by atoms with Crippen molar-refractivity contribution in [3.05, 3.63) is 88.2 Å². The smallest absolute Gasteiger partial charge is 0.222 e. The lowest BCUT2D eigenvalue weighted by Gasteiger charge is -2.21. The van der Waals surface area contributed by atoms with Crippen LogP contribution in [0.5, 0.6) is 0 Å². The lowest BCUT2D eigenvalue weighted by Crippen LogP contribution is -2.31. The molecule has 0 aliphatic heterocycles. The first-order valence-electron chi connectivity index (χ1n) is 8.64. The highest BCUT2D eigenvalue weighted by Crippen LogP contribution is 2.33. The summed E-state index contributed by atoms with van der Waals surface area (Å²) in [6, 6.07) is 16.8. The highest BCUT2D eigenvalue weighted by molar-refractivity contribution is 7.89. The van der Waals surface area contributed by atoms with Crippen LogP contribution < -0.4 is 4.72 Å². The van der Waals surface area contributed by atoms with Crippen molar-refractivity contribution in [2.75, 3.05) is 0 Å². The van der Waals surface area contributed by atoms with Gasteiger partial charge in [-0.1, -0.05) is 60.7 Å². The van der Waals surface area contributed by atoms with Gasteiger partial charge in [-0.3, -0.25) is 0 Å². The van der Waals surface area contributed by atoms with Crippen LogP contribution in [-0.4, -0.2) is 18.4 Å². The number of benzene rings is 2. The molecule has 0 spiro atoms. The zero-order valence-corrected chi connectivity index (χ0v) is 15.9. The van der Waals surface area contributed by atoms with Gasteiger partial charge in [-0.05, 0) is 42.2 Å². The van der Waals surface area contributed by atoms with Crippen LogP contribution >= 0.6 is 0 Å². The van der Waals surface area contributed by atoms with Gasteiger partial charge < -0.3 is 0 Å². The zero-order chi connectivity index (χ0) is 19.0. The fourth-order valence-corrected chi connectivity index (χ4v) is 4.54. The van der Waals surface area contributed by atoms with Gasteiger partial charge in [-0.2, -0.15) is 4.72 Å². The SMILES string of the molecule is Cc1cc(C)nc(S(=O)(=O)NC2c3ccccc3C=Cc3ccccc32)n1. The summed E-state index contributed by atoms with van der Waals surface area (Å²) in [5.41, 5.74) is 4.97. The van der Waals surface area contributed by atoms with Crippen LogP contribution in [0.4, 0.5) is 0 Å². The second kappa shape index (κ2) is 6.72. The first-order valence-corrected chi connectivity index (χ1v) is 10.1. The predicted octanol–water partition coefficient (Wildman–Crippen LogP) is 3.65. The number of fused-ring (bicyclic) bond motifs is 2. The lowest BCUT2D eigenvalue weighted by atomic mass is 9.95. The lowest BCUT2D eigenvalue weighted by molar-refractivity contribution is 0.561. The Kier molecular flexibility index (Phi) is 4.37. The molecule has 1 aliphatic carbocycles. The molecule has 0 unspecified atom stereocenters. The molecule has 0 atom stereocenters. The predicted molar refractivity (Wildman–Crippen MR) is 105 cm³/mol. The number of aryl methyl sites for hydroxylation is 2. The van der Waals surface area contributed by atoms with Crippen molar-refractivity contribution in [2.24, 2.45) is 0 Å². The molecule has 1 heterocycles. The van der Waals surface area contributed by atoms with E-state index in [4.69, 9.17) is 0 Å². The first kappa shape index (κ1) is 17.6. The van der Waals surface area contributed by atoms with Crippen molar-refractivity contribution in [3.63, 3.8) is 0 Å². The van der Waals surface area contributed by atoms with Gasteiger partial charge >= 0.3 is 0 Å². The summed E-state index contributed by atoms with van der Waals surface area (Å²) in [7, 11) is -3.91. The van der Waals surface area contributed by atoms with E-state index in [1.165, 1.54) is 0 Å². The number of hydrogen-bond donors (Lipinski definition) is 1. The van der Waals surface area contributed by atoms with Gasteiger partial charge in [-0.25, -0.2) is 18.4 Å². The van der Waals surface area contributed by atoms with E-state index in [1.54, 1.807) is 19.9 Å². The topological polar surface area (TPSA) is 72.0 Å². The van der Waals surface area contributed by atoms with E-state index in [2.05, 4.69) is 14.7 Å². The molecule has 1 N–H and O–H groups in total. The third kappa shape index (κ3) is 3.41. The van der Waals surface area contributed by atoms with Gasteiger partial charge in [0.25, 0.3) is 15.2 Å². The Labute approximate surface area is 158 Å². The third-order valence-electron chi connectivity index (χ3n) is 4.53. The number of nitrogens with zero attached hydrogens (tertiary/aromatic N) is 2. The van der Waals surface area contributed by atoms with Crippen molar-refractivity contribution in [3.8, 4) is 0 Å². The molecule has 27 heavy (non-hydrogen) atoms. The summed E-state index contributed by atoms with van der Waals surface area (Å²) < 4.78 is 29.0. The number of rotatable bonds is 3. The molecule has 6 heteroatoms. The van der Waals surface area contributed by atoms with Gasteiger partial charge in [0.2, 0.25) is 0 Å². The summed E-state index contributed by atoms with van der Waals surface area (Å²) in [6.07, 6.45) is 4.02. The van der Waals surface area contributed by atoms with Crippen molar-refractivity contribution in [2.45, 2.75) is 25.0 Å². The maximum atomic E-state index is 13.1. The number of hydrogen-bond acceptors (Lipinski definition) is 4. The summed E-state index contributed by atoms with van der Waals surface area (Å²) in [6.45, 7) is 3.52. The first-order chi connectivity index (χ1) is 12.9. The molecule has 2 aromatic carbocycles. The highest BCUT2D eigenvalue weighted by Gasteiger charge is 2.28. The summed E-state index contributed by atoms with van der Waals surface area (Å²) in [4.78, 5) is 8.26. The van der Waals surface area contributed by atoms with Crippen molar-refractivity contribution < 1.29 is 8.42 Å². The van der Waals surface area contributed by atoms with Gasteiger partial charge in [0, 0.05) is 11.4 Å². The van der Waals surface area contributed by atoms with Gasteiger partial charge in [0.15, 0.2) is 0 Å². The molecule has 0 amide bonds. The molecule has 0 saturated heterocycles. The second-order valence-corrected chi connectivity index (χ2v) is 8.19. The van der Waals surface area contributed by atoms with Crippen LogP contribution in [-0.2, 0) is 10.0 Å². The Morgan fingerprint density at radius 1 is 0.815 bits per heavy atom. The van der Waals surface area contributed by atoms with Crippen LogP contribution in [0.3, 0.4) is 0 Å². The second-order valence-electron chi connectivity index (χ2n) is 6.58. The zero-order valence-electron chi connectivity index (χ0n) is 15.0. The van der Waals surface area contributed by atoms with Crippen molar-refractivity contribution in [1.29, 1.82) is 0 Å². The fraction of sp³-hybridized carbons (Fsp3) is 0.143.